The maximum atomic E-state index is 13.2. The molecule has 0 N–H and O–H groups in total. The van der Waals surface area contributed by atoms with E-state index < -0.39 is 54.5 Å². The number of ether oxygens (including phenoxy) is 9. The number of rotatable bonds is 4. The van der Waals surface area contributed by atoms with Gasteiger partial charge in [0.1, 0.15) is 36.8 Å². The number of allylic oxidation sites excluding steroid dienone is 1. The summed E-state index contributed by atoms with van der Waals surface area (Å²) in [7, 11) is 1.67. The molecule has 222 valence electrons. The first-order chi connectivity index (χ1) is 19.6. The zero-order valence-corrected chi connectivity index (χ0v) is 24.2. The Bertz CT molecular complexity index is 1300. The van der Waals surface area contributed by atoms with Crippen molar-refractivity contribution in [1.82, 2.24) is 0 Å². The first-order valence-corrected chi connectivity index (χ1v) is 14.9. The van der Waals surface area contributed by atoms with Gasteiger partial charge in [-0.2, -0.15) is 0 Å². The highest BCUT2D eigenvalue weighted by molar-refractivity contribution is 5.65. The predicted molar refractivity (Wildman–Crippen MR) is 141 cm³/mol. The summed E-state index contributed by atoms with van der Waals surface area (Å²) in [4.78, 5) is 13.2. The predicted octanol–water partition coefficient (Wildman–Crippen LogP) is 4.50. The average molecular weight is 571 g/mol. The van der Waals surface area contributed by atoms with Gasteiger partial charge in [-0.3, -0.25) is 0 Å². The van der Waals surface area contributed by atoms with Crippen LogP contribution < -0.4 is 9.47 Å². The van der Waals surface area contributed by atoms with E-state index in [1.54, 1.807) is 7.11 Å². The molecule has 0 radical (unpaired) electrons. The van der Waals surface area contributed by atoms with Crippen molar-refractivity contribution in [3.8, 4) is 11.5 Å². The van der Waals surface area contributed by atoms with Crippen molar-refractivity contribution in [3.05, 3.63) is 35.1 Å². The minimum Gasteiger partial charge on any atom is -0.493 e. The molecule has 4 fully saturated rings. The van der Waals surface area contributed by atoms with Crippen LogP contribution in [-0.2, 0) is 45.0 Å². The first-order valence-electron chi connectivity index (χ1n) is 14.9. The van der Waals surface area contributed by atoms with Crippen LogP contribution in [0.1, 0.15) is 64.5 Å². The Morgan fingerprint density at radius 3 is 2.63 bits per heavy atom. The van der Waals surface area contributed by atoms with E-state index in [0.717, 1.165) is 37.2 Å². The second-order valence-electron chi connectivity index (χ2n) is 13.3. The standard InChI is InChI=1S/C31H38O10/c1-29(2)38-23-20(35-27-25(24(23)39-29)40-30(3,4)41-27)14-34-28(32)36-19-11-9-17-15-7-6-12-31(17)21-16(13-15)8-10-18(33-5)22(21)37-26(19)31/h8,10-11,15,17,20,23-27H,6-7,9,12-14H2,1-5H3/t15-,17?,20-,23+,24+,25-,26?,27-,31?/m1/s1. The molecule has 9 atom stereocenters. The van der Waals surface area contributed by atoms with Crippen molar-refractivity contribution >= 4 is 6.16 Å². The monoisotopic (exact) mass is 570 g/mol. The highest BCUT2D eigenvalue weighted by Crippen LogP contribution is 2.66. The van der Waals surface area contributed by atoms with E-state index in [1.165, 1.54) is 17.5 Å². The summed E-state index contributed by atoms with van der Waals surface area (Å²) in [5, 5.41) is 0. The minimum atomic E-state index is -0.836. The van der Waals surface area contributed by atoms with Gasteiger partial charge in [0.2, 0.25) is 0 Å². The average Bonchev–Trinajstić information content (AvgIpc) is 3.54. The Morgan fingerprint density at radius 2 is 1.80 bits per heavy atom. The Balaban J connectivity index is 1.01. The molecule has 4 heterocycles. The number of hydrogen-bond donors (Lipinski definition) is 0. The van der Waals surface area contributed by atoms with Gasteiger partial charge in [0.15, 0.2) is 35.5 Å². The molecule has 3 saturated heterocycles. The fourth-order valence-electron chi connectivity index (χ4n) is 8.81. The summed E-state index contributed by atoms with van der Waals surface area (Å²) in [6, 6.07) is 4.18. The number of methoxy groups -OCH3 is 1. The van der Waals surface area contributed by atoms with Gasteiger partial charge in [-0.1, -0.05) is 12.5 Å². The van der Waals surface area contributed by atoms with Crippen LogP contribution >= 0.6 is 0 Å². The van der Waals surface area contributed by atoms with E-state index in [4.69, 9.17) is 42.6 Å². The van der Waals surface area contributed by atoms with Gasteiger partial charge in [0.05, 0.1) is 7.11 Å². The summed E-state index contributed by atoms with van der Waals surface area (Å²) < 4.78 is 54.4. The lowest BCUT2D eigenvalue weighted by Gasteiger charge is -2.53. The summed E-state index contributed by atoms with van der Waals surface area (Å²) >= 11 is 0. The fraction of sp³-hybridized carbons (Fsp3) is 0.710. The van der Waals surface area contributed by atoms with Gasteiger partial charge in [0.25, 0.3) is 0 Å². The molecule has 7 aliphatic rings. The topological polar surface area (TPSA) is 100 Å². The van der Waals surface area contributed by atoms with Crippen LogP contribution in [0.3, 0.4) is 0 Å². The molecule has 8 rings (SSSR count). The maximum Gasteiger partial charge on any atom is 0.513 e. The van der Waals surface area contributed by atoms with Crippen molar-refractivity contribution in [2.45, 2.75) is 114 Å². The van der Waals surface area contributed by atoms with Crippen molar-refractivity contribution in [3.63, 3.8) is 0 Å². The third-order valence-corrected chi connectivity index (χ3v) is 10.1. The molecular weight excluding hydrogens is 532 g/mol. The van der Waals surface area contributed by atoms with E-state index >= 15 is 0 Å². The molecule has 10 nitrogen and oxygen atoms in total. The third kappa shape index (κ3) is 3.83. The van der Waals surface area contributed by atoms with Gasteiger partial charge < -0.3 is 42.6 Å². The highest BCUT2D eigenvalue weighted by Gasteiger charge is 2.64. The van der Waals surface area contributed by atoms with Crippen LogP contribution in [0.15, 0.2) is 24.0 Å². The third-order valence-electron chi connectivity index (χ3n) is 10.1. The smallest absolute Gasteiger partial charge is 0.493 e. The molecule has 1 aromatic carbocycles. The van der Waals surface area contributed by atoms with E-state index in [-0.39, 0.29) is 12.0 Å². The molecule has 41 heavy (non-hydrogen) atoms. The molecule has 3 unspecified atom stereocenters. The molecule has 1 saturated carbocycles. The molecule has 2 bridgehead atoms. The van der Waals surface area contributed by atoms with Gasteiger partial charge in [-0.25, -0.2) is 4.79 Å². The molecule has 10 heteroatoms. The SMILES string of the molecule is COc1ccc2c3c1OC1C(OC(=O)OC[C@H]4O[C@@H]5OC(C)(C)O[C@@H]5[C@H]5OC(C)(C)O[C@H]54)=CCC4[C@H](CCCC314)C2. The van der Waals surface area contributed by atoms with Gasteiger partial charge >= 0.3 is 6.16 Å². The maximum absolute atomic E-state index is 13.2. The van der Waals surface area contributed by atoms with Gasteiger partial charge in [-0.15, -0.1) is 0 Å². The molecule has 3 aliphatic carbocycles. The van der Waals surface area contributed by atoms with E-state index in [9.17, 15) is 4.79 Å². The molecule has 1 aromatic rings. The van der Waals surface area contributed by atoms with Crippen LogP contribution in [0.2, 0.25) is 0 Å². The summed E-state index contributed by atoms with van der Waals surface area (Å²) in [5.41, 5.74) is 2.37. The van der Waals surface area contributed by atoms with E-state index in [1.807, 2.05) is 39.8 Å². The molecule has 1 spiro atoms. The van der Waals surface area contributed by atoms with Crippen LogP contribution in [-0.4, -0.2) is 68.3 Å². The molecule has 0 amide bonds. The Labute approximate surface area is 239 Å². The summed E-state index contributed by atoms with van der Waals surface area (Å²) in [6.45, 7) is 7.27. The molecular formula is C31H38O10. The lowest BCUT2D eigenvalue weighted by Crippen LogP contribution is -2.56. The number of benzene rings is 1. The number of hydrogen-bond acceptors (Lipinski definition) is 10. The Morgan fingerprint density at radius 1 is 1.02 bits per heavy atom. The molecule has 0 aromatic heterocycles. The second kappa shape index (κ2) is 8.83. The summed E-state index contributed by atoms with van der Waals surface area (Å²) in [6.07, 6.45) is 3.42. The second-order valence-corrected chi connectivity index (χ2v) is 13.3. The van der Waals surface area contributed by atoms with E-state index in [2.05, 4.69) is 6.07 Å². The van der Waals surface area contributed by atoms with E-state index in [0.29, 0.717) is 17.6 Å². The number of carbonyl (C=O) groups is 1. The summed E-state index contributed by atoms with van der Waals surface area (Å²) in [5.74, 6) is 1.41. The van der Waals surface area contributed by atoms with Crippen molar-refractivity contribution in [2.75, 3.05) is 13.7 Å². The van der Waals surface area contributed by atoms with Gasteiger partial charge in [-0.05, 0) is 82.9 Å². The van der Waals surface area contributed by atoms with Crippen molar-refractivity contribution in [1.29, 1.82) is 0 Å². The van der Waals surface area contributed by atoms with Crippen LogP contribution in [0.4, 0.5) is 4.79 Å². The van der Waals surface area contributed by atoms with Crippen molar-refractivity contribution in [2.24, 2.45) is 11.8 Å². The normalized spacial score (nSPS) is 41.8. The van der Waals surface area contributed by atoms with Crippen LogP contribution in [0, 0.1) is 11.8 Å². The quantitative estimate of drug-likeness (QED) is 0.481. The lowest BCUT2D eigenvalue weighted by molar-refractivity contribution is -0.240. The first kappa shape index (κ1) is 26.3. The fourth-order valence-corrected chi connectivity index (χ4v) is 8.81. The zero-order chi connectivity index (χ0) is 28.3. The number of carbonyl (C=O) groups excluding carboxylic acids is 1. The lowest BCUT2D eigenvalue weighted by atomic mass is 9.49. The number of fused-ring (bicyclic) bond motifs is 3. The highest BCUT2D eigenvalue weighted by atomic mass is 16.9. The minimum absolute atomic E-state index is 0.0840. The van der Waals surface area contributed by atoms with Crippen LogP contribution in [0.25, 0.3) is 0 Å². The van der Waals surface area contributed by atoms with Gasteiger partial charge in [0, 0.05) is 11.0 Å². The Kier molecular flexibility index (Phi) is 5.66. The Hall–Kier alpha value is -2.37. The largest absolute Gasteiger partial charge is 0.513 e. The van der Waals surface area contributed by atoms with Crippen LogP contribution in [0.5, 0.6) is 11.5 Å². The zero-order valence-electron chi connectivity index (χ0n) is 24.2. The molecule has 4 aliphatic heterocycles. The van der Waals surface area contributed by atoms with Crippen molar-refractivity contribution < 1.29 is 47.4 Å².